The molecule has 1 aromatic carbocycles. The summed E-state index contributed by atoms with van der Waals surface area (Å²) in [6, 6.07) is 4.19. The SMILES string of the molecule is Cc1cc(C(C)(C)C)cc(CN(C)C)c1O. The van der Waals surface area contributed by atoms with Crippen LogP contribution in [0.4, 0.5) is 0 Å². The van der Waals surface area contributed by atoms with Crippen LogP contribution >= 0.6 is 0 Å². The van der Waals surface area contributed by atoms with Crippen molar-refractivity contribution >= 4 is 0 Å². The highest BCUT2D eigenvalue weighted by molar-refractivity contribution is 5.44. The molecule has 2 nitrogen and oxygen atoms in total. The van der Waals surface area contributed by atoms with E-state index in [1.165, 1.54) is 5.56 Å². The number of phenolic OH excluding ortho intramolecular Hbond substituents is 1. The molecule has 2 heteroatoms. The number of hydrogen-bond acceptors (Lipinski definition) is 2. The fourth-order valence-corrected chi connectivity index (χ4v) is 1.75. The minimum Gasteiger partial charge on any atom is -0.507 e. The number of phenols is 1. The minimum atomic E-state index is 0.125. The highest BCUT2D eigenvalue weighted by Gasteiger charge is 2.17. The third kappa shape index (κ3) is 2.99. The highest BCUT2D eigenvalue weighted by Crippen LogP contribution is 2.30. The Labute approximate surface area is 98.9 Å². The third-order valence-electron chi connectivity index (χ3n) is 2.73. The van der Waals surface area contributed by atoms with E-state index in [4.69, 9.17) is 0 Å². The van der Waals surface area contributed by atoms with E-state index in [9.17, 15) is 5.11 Å². The van der Waals surface area contributed by atoms with Crippen molar-refractivity contribution in [3.05, 3.63) is 28.8 Å². The van der Waals surface area contributed by atoms with Gasteiger partial charge >= 0.3 is 0 Å². The molecular weight excluding hydrogens is 198 g/mol. The largest absolute Gasteiger partial charge is 0.507 e. The molecule has 0 spiro atoms. The van der Waals surface area contributed by atoms with E-state index in [1.807, 2.05) is 21.0 Å². The normalized spacial score (nSPS) is 12.2. The maximum Gasteiger partial charge on any atom is 0.122 e. The molecule has 0 aliphatic heterocycles. The summed E-state index contributed by atoms with van der Waals surface area (Å²) in [6.45, 7) is 9.31. The first kappa shape index (κ1) is 13.0. The average Bonchev–Trinajstić information content (AvgIpc) is 2.10. The lowest BCUT2D eigenvalue weighted by Gasteiger charge is -2.22. The van der Waals surface area contributed by atoms with Gasteiger partial charge in [0.2, 0.25) is 0 Å². The van der Waals surface area contributed by atoms with Gasteiger partial charge in [-0.25, -0.2) is 0 Å². The summed E-state index contributed by atoms with van der Waals surface area (Å²) in [5.74, 6) is 0.432. The van der Waals surface area contributed by atoms with Crippen molar-refractivity contribution in [2.45, 2.75) is 39.7 Å². The summed E-state index contributed by atoms with van der Waals surface area (Å²) in [4.78, 5) is 2.07. The van der Waals surface area contributed by atoms with Crippen molar-refractivity contribution in [2.24, 2.45) is 0 Å². The molecule has 0 saturated heterocycles. The summed E-state index contributed by atoms with van der Waals surface area (Å²) >= 11 is 0. The van der Waals surface area contributed by atoms with Gasteiger partial charge in [0.25, 0.3) is 0 Å². The maximum atomic E-state index is 10.0. The molecule has 0 unspecified atom stereocenters. The number of aryl methyl sites for hydroxylation is 1. The Morgan fingerprint density at radius 2 is 1.75 bits per heavy atom. The lowest BCUT2D eigenvalue weighted by Crippen LogP contribution is -2.15. The van der Waals surface area contributed by atoms with E-state index >= 15 is 0 Å². The molecule has 0 saturated carbocycles. The summed E-state index contributed by atoms with van der Waals surface area (Å²) in [6.07, 6.45) is 0. The van der Waals surface area contributed by atoms with E-state index in [1.54, 1.807) is 0 Å². The Balaban J connectivity index is 3.22. The zero-order valence-electron chi connectivity index (χ0n) is 11.3. The Morgan fingerprint density at radius 3 is 2.19 bits per heavy atom. The molecule has 0 fully saturated rings. The lowest BCUT2D eigenvalue weighted by atomic mass is 9.85. The van der Waals surface area contributed by atoms with Crippen molar-refractivity contribution in [3.8, 4) is 5.75 Å². The number of rotatable bonds is 2. The average molecular weight is 221 g/mol. The van der Waals surface area contributed by atoms with Crippen LogP contribution in [0.3, 0.4) is 0 Å². The van der Waals surface area contributed by atoms with Crippen LogP contribution in [0, 0.1) is 6.92 Å². The lowest BCUT2D eigenvalue weighted by molar-refractivity contribution is 0.384. The Kier molecular flexibility index (Phi) is 3.64. The molecule has 0 bridgehead atoms. The zero-order chi connectivity index (χ0) is 12.5. The maximum absolute atomic E-state index is 10.0. The zero-order valence-corrected chi connectivity index (χ0v) is 11.3. The van der Waals surface area contributed by atoms with Gasteiger partial charge < -0.3 is 10.0 Å². The molecule has 0 aliphatic rings. The Morgan fingerprint density at radius 1 is 1.19 bits per heavy atom. The van der Waals surface area contributed by atoms with Gasteiger partial charge in [-0.3, -0.25) is 0 Å². The van der Waals surface area contributed by atoms with Crippen LogP contribution in [0.15, 0.2) is 12.1 Å². The number of nitrogens with zero attached hydrogens (tertiary/aromatic N) is 1. The molecule has 1 rings (SSSR count). The first-order valence-electron chi connectivity index (χ1n) is 5.69. The van der Waals surface area contributed by atoms with Gasteiger partial charge in [0.05, 0.1) is 0 Å². The molecule has 0 amide bonds. The van der Waals surface area contributed by atoms with Crippen molar-refractivity contribution in [1.29, 1.82) is 0 Å². The smallest absolute Gasteiger partial charge is 0.122 e. The first-order valence-corrected chi connectivity index (χ1v) is 5.69. The number of benzene rings is 1. The van der Waals surface area contributed by atoms with Crippen molar-refractivity contribution < 1.29 is 5.11 Å². The van der Waals surface area contributed by atoms with Gasteiger partial charge in [0.1, 0.15) is 5.75 Å². The third-order valence-corrected chi connectivity index (χ3v) is 2.73. The molecule has 0 radical (unpaired) electrons. The molecule has 1 aromatic rings. The van der Waals surface area contributed by atoms with Crippen LogP contribution in [-0.2, 0) is 12.0 Å². The van der Waals surface area contributed by atoms with Crippen LogP contribution in [0.1, 0.15) is 37.5 Å². The summed E-state index contributed by atoms with van der Waals surface area (Å²) in [5.41, 5.74) is 3.37. The van der Waals surface area contributed by atoms with Gasteiger partial charge in [-0.05, 0) is 37.6 Å². The standard InChI is InChI=1S/C14H23NO/c1-10-7-12(14(2,3)4)8-11(13(10)16)9-15(5)6/h7-8,16H,9H2,1-6H3. The molecule has 0 heterocycles. The Hall–Kier alpha value is -1.02. The predicted octanol–water partition coefficient (Wildman–Crippen LogP) is 3.06. The van der Waals surface area contributed by atoms with E-state index in [0.29, 0.717) is 5.75 Å². The molecule has 0 aromatic heterocycles. The fourth-order valence-electron chi connectivity index (χ4n) is 1.75. The minimum absolute atomic E-state index is 0.125. The summed E-state index contributed by atoms with van der Waals surface area (Å²) in [7, 11) is 4.02. The van der Waals surface area contributed by atoms with E-state index in [2.05, 4.69) is 37.8 Å². The van der Waals surface area contributed by atoms with Gasteiger partial charge in [-0.15, -0.1) is 0 Å². The highest BCUT2D eigenvalue weighted by atomic mass is 16.3. The molecule has 1 N–H and O–H groups in total. The van der Waals surface area contributed by atoms with Crippen molar-refractivity contribution in [2.75, 3.05) is 14.1 Å². The molecule has 0 aliphatic carbocycles. The van der Waals surface area contributed by atoms with Crippen molar-refractivity contribution in [1.82, 2.24) is 4.90 Å². The van der Waals surface area contributed by atoms with Gasteiger partial charge in [0, 0.05) is 12.1 Å². The topological polar surface area (TPSA) is 23.5 Å². The summed E-state index contributed by atoms with van der Waals surface area (Å²) < 4.78 is 0. The van der Waals surface area contributed by atoms with Gasteiger partial charge in [0.15, 0.2) is 0 Å². The van der Waals surface area contributed by atoms with Crippen LogP contribution in [0.25, 0.3) is 0 Å². The second-order valence-corrected chi connectivity index (χ2v) is 5.79. The number of aromatic hydroxyl groups is 1. The molecule has 90 valence electrons. The van der Waals surface area contributed by atoms with E-state index in [0.717, 1.165) is 17.7 Å². The first-order chi connectivity index (χ1) is 7.21. The van der Waals surface area contributed by atoms with Crippen molar-refractivity contribution in [3.63, 3.8) is 0 Å². The second kappa shape index (κ2) is 4.46. The molecule has 16 heavy (non-hydrogen) atoms. The van der Waals surface area contributed by atoms with Gasteiger partial charge in [-0.1, -0.05) is 32.9 Å². The predicted molar refractivity (Wildman–Crippen MR) is 68.9 cm³/mol. The summed E-state index contributed by atoms with van der Waals surface area (Å²) in [5, 5.41) is 10.0. The Bertz CT molecular complexity index is 375. The van der Waals surface area contributed by atoms with Crippen LogP contribution in [0.5, 0.6) is 5.75 Å². The second-order valence-electron chi connectivity index (χ2n) is 5.79. The van der Waals surface area contributed by atoms with E-state index in [-0.39, 0.29) is 5.41 Å². The van der Waals surface area contributed by atoms with E-state index < -0.39 is 0 Å². The van der Waals surface area contributed by atoms with Gasteiger partial charge in [-0.2, -0.15) is 0 Å². The van der Waals surface area contributed by atoms with Crippen LogP contribution < -0.4 is 0 Å². The van der Waals surface area contributed by atoms with Crippen LogP contribution in [0.2, 0.25) is 0 Å². The monoisotopic (exact) mass is 221 g/mol. The fraction of sp³-hybridized carbons (Fsp3) is 0.571. The molecule has 0 atom stereocenters. The number of hydrogen-bond donors (Lipinski definition) is 1. The van der Waals surface area contributed by atoms with Crippen LogP contribution in [-0.4, -0.2) is 24.1 Å². The quantitative estimate of drug-likeness (QED) is 0.829. The molecular formula is C14H23NO.